The predicted octanol–water partition coefficient (Wildman–Crippen LogP) is 1.73. The van der Waals surface area contributed by atoms with E-state index in [1.54, 1.807) is 12.1 Å². The Bertz CT molecular complexity index is 528. The van der Waals surface area contributed by atoms with Crippen LogP contribution >= 0.6 is 0 Å². The first-order valence-corrected chi connectivity index (χ1v) is 8.31. The Hall–Kier alpha value is -0.910. The molecule has 0 heterocycles. The van der Waals surface area contributed by atoms with E-state index in [0.717, 1.165) is 18.5 Å². The fourth-order valence-corrected chi connectivity index (χ4v) is 3.48. The minimum atomic E-state index is -3.39. The molecule has 0 saturated heterocycles. The molecule has 4 nitrogen and oxygen atoms in total. The third-order valence-electron chi connectivity index (χ3n) is 3.64. The highest BCUT2D eigenvalue weighted by atomic mass is 32.2. The standard InChI is InChI=1S/C14H22N2O2S/c1-3-15-9-12-6-4-5-7-14(12)19(17,18)16-10-13-8-11(13)2/h4-7,11,13,15-16H,3,8-10H2,1-2H3. The molecular weight excluding hydrogens is 260 g/mol. The first-order valence-electron chi connectivity index (χ1n) is 6.83. The Morgan fingerprint density at radius 2 is 2.00 bits per heavy atom. The van der Waals surface area contributed by atoms with E-state index < -0.39 is 10.0 Å². The van der Waals surface area contributed by atoms with Crippen LogP contribution in [0.3, 0.4) is 0 Å². The van der Waals surface area contributed by atoms with Gasteiger partial charge in [-0.25, -0.2) is 13.1 Å². The van der Waals surface area contributed by atoms with Crippen molar-refractivity contribution in [1.82, 2.24) is 10.0 Å². The number of rotatable bonds is 7. The third-order valence-corrected chi connectivity index (χ3v) is 5.16. The molecule has 2 atom stereocenters. The summed E-state index contributed by atoms with van der Waals surface area (Å²) < 4.78 is 27.4. The molecule has 1 fully saturated rings. The Morgan fingerprint density at radius 1 is 1.32 bits per heavy atom. The summed E-state index contributed by atoms with van der Waals surface area (Å²) in [7, 11) is -3.39. The number of nitrogens with one attached hydrogen (secondary N) is 2. The van der Waals surface area contributed by atoms with Gasteiger partial charge in [-0.05, 0) is 36.4 Å². The molecule has 5 heteroatoms. The normalized spacial score (nSPS) is 22.4. The van der Waals surface area contributed by atoms with Crippen molar-refractivity contribution in [1.29, 1.82) is 0 Å². The van der Waals surface area contributed by atoms with Crippen LogP contribution in [-0.2, 0) is 16.6 Å². The maximum Gasteiger partial charge on any atom is 0.240 e. The van der Waals surface area contributed by atoms with E-state index >= 15 is 0 Å². The second-order valence-electron chi connectivity index (χ2n) is 5.21. The lowest BCUT2D eigenvalue weighted by molar-refractivity contribution is 0.572. The van der Waals surface area contributed by atoms with E-state index in [1.165, 1.54) is 0 Å². The molecule has 106 valence electrons. The second kappa shape index (κ2) is 6.03. The van der Waals surface area contributed by atoms with Crippen molar-refractivity contribution in [2.45, 2.75) is 31.7 Å². The lowest BCUT2D eigenvalue weighted by atomic mass is 10.2. The van der Waals surface area contributed by atoms with Gasteiger partial charge < -0.3 is 5.32 Å². The molecule has 1 aromatic rings. The maximum absolute atomic E-state index is 12.3. The molecule has 2 N–H and O–H groups in total. The fourth-order valence-electron chi connectivity index (χ4n) is 2.15. The van der Waals surface area contributed by atoms with Crippen LogP contribution in [0.15, 0.2) is 29.2 Å². The summed E-state index contributed by atoms with van der Waals surface area (Å²) in [6.45, 7) is 6.11. The van der Waals surface area contributed by atoms with Gasteiger partial charge in [0.15, 0.2) is 0 Å². The predicted molar refractivity (Wildman–Crippen MR) is 76.3 cm³/mol. The zero-order valence-corrected chi connectivity index (χ0v) is 12.3. The highest BCUT2D eigenvalue weighted by molar-refractivity contribution is 7.89. The Labute approximate surface area is 115 Å². The van der Waals surface area contributed by atoms with Gasteiger partial charge in [0.25, 0.3) is 0 Å². The maximum atomic E-state index is 12.3. The van der Waals surface area contributed by atoms with Crippen molar-refractivity contribution >= 4 is 10.0 Å². The Morgan fingerprint density at radius 3 is 2.63 bits per heavy atom. The van der Waals surface area contributed by atoms with E-state index in [4.69, 9.17) is 0 Å². The first-order chi connectivity index (χ1) is 9.04. The quantitative estimate of drug-likeness (QED) is 0.801. The molecule has 0 radical (unpaired) electrons. The average Bonchev–Trinajstić information content (AvgIpc) is 3.10. The molecule has 0 bridgehead atoms. The van der Waals surface area contributed by atoms with Crippen molar-refractivity contribution in [3.8, 4) is 0 Å². The van der Waals surface area contributed by atoms with Gasteiger partial charge in [-0.1, -0.05) is 32.0 Å². The number of hydrogen-bond acceptors (Lipinski definition) is 3. The summed E-state index contributed by atoms with van der Waals surface area (Å²) in [5, 5.41) is 3.17. The Balaban J connectivity index is 2.09. The zero-order chi connectivity index (χ0) is 13.9. The molecule has 19 heavy (non-hydrogen) atoms. The van der Waals surface area contributed by atoms with Gasteiger partial charge >= 0.3 is 0 Å². The van der Waals surface area contributed by atoms with E-state index in [0.29, 0.717) is 29.8 Å². The van der Waals surface area contributed by atoms with Crippen LogP contribution < -0.4 is 10.0 Å². The van der Waals surface area contributed by atoms with E-state index in [9.17, 15) is 8.42 Å². The molecule has 0 aromatic heterocycles. The molecule has 0 aliphatic heterocycles. The van der Waals surface area contributed by atoms with Crippen LogP contribution in [0.2, 0.25) is 0 Å². The van der Waals surface area contributed by atoms with Gasteiger partial charge in [-0.2, -0.15) is 0 Å². The highest BCUT2D eigenvalue weighted by Gasteiger charge is 2.33. The fraction of sp³-hybridized carbons (Fsp3) is 0.571. The summed E-state index contributed by atoms with van der Waals surface area (Å²) >= 11 is 0. The minimum absolute atomic E-state index is 0.393. The molecule has 2 rings (SSSR count). The molecule has 1 aliphatic rings. The molecule has 0 amide bonds. The van der Waals surface area contributed by atoms with Crippen LogP contribution in [0.4, 0.5) is 0 Å². The zero-order valence-electron chi connectivity index (χ0n) is 11.5. The summed E-state index contributed by atoms with van der Waals surface area (Å²) in [4.78, 5) is 0.393. The van der Waals surface area contributed by atoms with Crippen molar-refractivity contribution in [2.75, 3.05) is 13.1 Å². The molecular formula is C14H22N2O2S. The van der Waals surface area contributed by atoms with Crippen molar-refractivity contribution in [3.05, 3.63) is 29.8 Å². The summed E-state index contributed by atoms with van der Waals surface area (Å²) in [5.74, 6) is 1.16. The van der Waals surface area contributed by atoms with Crippen LogP contribution in [0.5, 0.6) is 0 Å². The van der Waals surface area contributed by atoms with Gasteiger partial charge in [-0.3, -0.25) is 0 Å². The van der Waals surface area contributed by atoms with Gasteiger partial charge in [0.1, 0.15) is 0 Å². The number of hydrogen-bond donors (Lipinski definition) is 2. The van der Waals surface area contributed by atoms with Crippen molar-refractivity contribution < 1.29 is 8.42 Å². The largest absolute Gasteiger partial charge is 0.313 e. The lowest BCUT2D eigenvalue weighted by Gasteiger charge is -2.11. The highest BCUT2D eigenvalue weighted by Crippen LogP contribution is 2.37. The topological polar surface area (TPSA) is 58.2 Å². The van der Waals surface area contributed by atoms with Gasteiger partial charge in [0, 0.05) is 13.1 Å². The SMILES string of the molecule is CCNCc1ccccc1S(=O)(=O)NCC1CC1C. The van der Waals surface area contributed by atoms with Crippen LogP contribution in [0.1, 0.15) is 25.8 Å². The van der Waals surface area contributed by atoms with E-state index in [2.05, 4.69) is 17.0 Å². The average molecular weight is 282 g/mol. The molecule has 1 saturated carbocycles. The monoisotopic (exact) mass is 282 g/mol. The minimum Gasteiger partial charge on any atom is -0.313 e. The van der Waals surface area contributed by atoms with Crippen molar-refractivity contribution in [3.63, 3.8) is 0 Å². The smallest absolute Gasteiger partial charge is 0.240 e. The molecule has 1 aromatic carbocycles. The summed E-state index contributed by atoms with van der Waals surface area (Å²) in [6, 6.07) is 7.17. The molecule has 0 spiro atoms. The summed E-state index contributed by atoms with van der Waals surface area (Å²) in [5.41, 5.74) is 0.820. The number of benzene rings is 1. The van der Waals surface area contributed by atoms with Crippen LogP contribution in [0, 0.1) is 11.8 Å². The Kier molecular flexibility index (Phi) is 4.60. The lowest BCUT2D eigenvalue weighted by Crippen LogP contribution is -2.28. The van der Waals surface area contributed by atoms with E-state index in [-0.39, 0.29) is 0 Å². The van der Waals surface area contributed by atoms with Crippen LogP contribution in [0.25, 0.3) is 0 Å². The van der Waals surface area contributed by atoms with Crippen LogP contribution in [-0.4, -0.2) is 21.5 Å². The summed E-state index contributed by atoms with van der Waals surface area (Å²) in [6.07, 6.45) is 1.13. The molecule has 2 unspecified atom stereocenters. The number of sulfonamides is 1. The second-order valence-corrected chi connectivity index (χ2v) is 6.95. The van der Waals surface area contributed by atoms with Gasteiger partial charge in [-0.15, -0.1) is 0 Å². The third kappa shape index (κ3) is 3.78. The first kappa shape index (κ1) is 14.5. The van der Waals surface area contributed by atoms with E-state index in [1.807, 2.05) is 19.1 Å². The molecule has 1 aliphatic carbocycles. The van der Waals surface area contributed by atoms with Crippen molar-refractivity contribution in [2.24, 2.45) is 11.8 Å². The van der Waals surface area contributed by atoms with Gasteiger partial charge in [0.05, 0.1) is 4.90 Å². The van der Waals surface area contributed by atoms with Gasteiger partial charge in [0.2, 0.25) is 10.0 Å².